The molecule has 0 unspecified atom stereocenters. The number of carbonyl (C=O) groups excluding carboxylic acids is 3. The Balaban J connectivity index is 3.01. The molecule has 0 spiro atoms. The monoisotopic (exact) mass is 509 g/mol. The topological polar surface area (TPSA) is 106 Å². The third kappa shape index (κ3) is 12.3. The van der Waals surface area contributed by atoms with Gasteiger partial charge in [-0.15, -0.1) is 0 Å². The molecule has 0 aromatic heterocycles. The van der Waals surface area contributed by atoms with Gasteiger partial charge in [0.05, 0.1) is 13.2 Å². The van der Waals surface area contributed by atoms with Crippen LogP contribution in [0, 0.1) is 5.92 Å². The van der Waals surface area contributed by atoms with Crippen LogP contribution in [0.25, 0.3) is 0 Å². The second kappa shape index (κ2) is 15.7. The summed E-state index contributed by atoms with van der Waals surface area (Å²) < 4.78 is 10.3. The second-order valence-corrected chi connectivity index (χ2v) is 10.6. The third-order valence-corrected chi connectivity index (χ3v) is 6.27. The zero-order valence-corrected chi connectivity index (χ0v) is 23.0. The number of thioether (sulfide) groups is 1. The number of methoxy groups -OCH3 is 1. The van der Waals surface area contributed by atoms with Crippen molar-refractivity contribution in [3.63, 3.8) is 0 Å². The number of amides is 2. The molecule has 1 rings (SSSR count). The molecular weight excluding hydrogens is 466 g/mol. The number of nitrogens with one attached hydrogen (secondary N) is 3. The first-order valence-corrected chi connectivity index (χ1v) is 13.5. The van der Waals surface area contributed by atoms with E-state index in [1.165, 1.54) is 7.11 Å². The predicted octanol–water partition coefficient (Wildman–Crippen LogP) is 3.54. The lowest BCUT2D eigenvalue weighted by Crippen LogP contribution is -2.55. The Morgan fingerprint density at radius 2 is 1.71 bits per heavy atom. The number of ether oxygens (including phenoxy) is 2. The van der Waals surface area contributed by atoms with Crippen LogP contribution in [-0.4, -0.2) is 67.4 Å². The van der Waals surface area contributed by atoms with Gasteiger partial charge < -0.3 is 25.4 Å². The molecule has 0 aliphatic heterocycles. The van der Waals surface area contributed by atoms with Gasteiger partial charge in [-0.3, -0.25) is 4.79 Å². The fourth-order valence-electron chi connectivity index (χ4n) is 3.41. The van der Waals surface area contributed by atoms with Gasteiger partial charge in [0, 0.05) is 12.6 Å². The predicted molar refractivity (Wildman–Crippen MR) is 141 cm³/mol. The molecule has 2 amide bonds. The summed E-state index contributed by atoms with van der Waals surface area (Å²) in [5.74, 6) is 0.118. The van der Waals surface area contributed by atoms with Crippen LogP contribution in [-0.2, 0) is 25.5 Å². The van der Waals surface area contributed by atoms with Gasteiger partial charge in [-0.25, -0.2) is 9.59 Å². The van der Waals surface area contributed by atoms with Gasteiger partial charge >= 0.3 is 12.1 Å². The van der Waals surface area contributed by atoms with Crippen LogP contribution in [0.3, 0.4) is 0 Å². The van der Waals surface area contributed by atoms with Crippen LogP contribution >= 0.6 is 11.8 Å². The Bertz CT molecular complexity index is 785. The van der Waals surface area contributed by atoms with Crippen LogP contribution in [0.1, 0.15) is 53.0 Å². The van der Waals surface area contributed by atoms with Crippen LogP contribution in [0.2, 0.25) is 0 Å². The molecule has 9 heteroatoms. The van der Waals surface area contributed by atoms with Crippen molar-refractivity contribution in [1.82, 2.24) is 16.0 Å². The maximum atomic E-state index is 13.3. The molecular formula is C26H43N3O5S. The molecule has 4 atom stereocenters. The van der Waals surface area contributed by atoms with E-state index in [4.69, 9.17) is 9.47 Å². The lowest BCUT2D eigenvalue weighted by Gasteiger charge is -2.29. The minimum atomic E-state index is -0.717. The summed E-state index contributed by atoms with van der Waals surface area (Å²) >= 11 is 1.60. The van der Waals surface area contributed by atoms with Gasteiger partial charge in [-0.2, -0.15) is 11.8 Å². The maximum absolute atomic E-state index is 13.3. The fourth-order valence-corrected chi connectivity index (χ4v) is 3.89. The highest BCUT2D eigenvalue weighted by Gasteiger charge is 2.28. The van der Waals surface area contributed by atoms with Crippen molar-refractivity contribution in [2.75, 3.05) is 25.7 Å². The summed E-state index contributed by atoms with van der Waals surface area (Å²) in [4.78, 5) is 38.0. The molecule has 0 bridgehead atoms. The Morgan fingerprint density at radius 3 is 2.26 bits per heavy atom. The summed E-state index contributed by atoms with van der Waals surface area (Å²) in [6, 6.07) is 8.12. The van der Waals surface area contributed by atoms with Gasteiger partial charge in [-0.1, -0.05) is 50.6 Å². The smallest absolute Gasteiger partial charge is 0.407 e. The Labute approximate surface area is 214 Å². The number of rotatable bonds is 14. The zero-order valence-electron chi connectivity index (χ0n) is 22.2. The van der Waals surface area contributed by atoms with Gasteiger partial charge in [-0.05, 0) is 57.1 Å². The summed E-state index contributed by atoms with van der Waals surface area (Å²) in [5, 5.41) is 9.14. The highest BCUT2D eigenvalue weighted by Crippen LogP contribution is 2.12. The second-order valence-electron chi connectivity index (χ2n) is 9.65. The average Bonchev–Trinajstić information content (AvgIpc) is 2.81. The number of hydrogen-bond donors (Lipinski definition) is 3. The van der Waals surface area contributed by atoms with Crippen LogP contribution in [0.15, 0.2) is 30.3 Å². The minimum Gasteiger partial charge on any atom is -0.467 e. The molecule has 0 heterocycles. The van der Waals surface area contributed by atoms with E-state index in [0.29, 0.717) is 25.1 Å². The molecule has 1 aromatic carbocycles. The number of esters is 1. The maximum Gasteiger partial charge on any atom is 0.407 e. The molecule has 0 saturated heterocycles. The summed E-state index contributed by atoms with van der Waals surface area (Å²) in [5.41, 5.74) is 0.381. The Morgan fingerprint density at radius 1 is 1.06 bits per heavy atom. The highest BCUT2D eigenvalue weighted by atomic mass is 32.2. The van der Waals surface area contributed by atoms with Crippen molar-refractivity contribution in [2.24, 2.45) is 5.92 Å². The summed E-state index contributed by atoms with van der Waals surface area (Å²) in [7, 11) is 1.32. The molecule has 0 fully saturated rings. The molecule has 3 N–H and O–H groups in total. The van der Waals surface area contributed by atoms with Crippen LogP contribution in [0.4, 0.5) is 4.79 Å². The lowest BCUT2D eigenvalue weighted by atomic mass is 9.98. The molecule has 0 aliphatic rings. The van der Waals surface area contributed by atoms with Crippen LogP contribution in [0.5, 0.6) is 0 Å². The number of carbonyl (C=O) groups is 3. The molecule has 8 nitrogen and oxygen atoms in total. The van der Waals surface area contributed by atoms with Crippen molar-refractivity contribution in [1.29, 1.82) is 0 Å². The third-order valence-electron chi connectivity index (χ3n) is 5.63. The largest absolute Gasteiger partial charge is 0.467 e. The standard InChI is InChI=1S/C26H43N3O5S/c1-8-18(2)22(29-25(32)34-26(3,4)5)17-27-21(16-19-12-10-9-11-13-19)23(30)28-20(14-15-35-7)24(31)33-6/h9-13,18,20-22,27H,8,14-17H2,1-7H3,(H,28,30)(H,29,32)/t18-,20-,21-,22+/m0/s1. The molecule has 35 heavy (non-hydrogen) atoms. The van der Waals surface area contributed by atoms with E-state index in [0.717, 1.165) is 12.0 Å². The molecule has 0 saturated carbocycles. The van der Waals surface area contributed by atoms with Crippen molar-refractivity contribution >= 4 is 29.7 Å². The zero-order chi connectivity index (χ0) is 26.4. The normalized spacial score (nSPS) is 14.8. The van der Waals surface area contributed by atoms with Gasteiger partial charge in [0.25, 0.3) is 0 Å². The average molecular weight is 510 g/mol. The summed E-state index contributed by atoms with van der Waals surface area (Å²) in [6.45, 7) is 9.92. The lowest BCUT2D eigenvalue weighted by molar-refractivity contribution is -0.145. The van der Waals surface area contributed by atoms with Gasteiger partial charge in [0.15, 0.2) is 0 Å². The minimum absolute atomic E-state index is 0.153. The fraction of sp³-hybridized carbons (Fsp3) is 0.654. The Kier molecular flexibility index (Phi) is 13.8. The number of hydrogen-bond acceptors (Lipinski definition) is 7. The van der Waals surface area contributed by atoms with Crippen LogP contribution < -0.4 is 16.0 Å². The van der Waals surface area contributed by atoms with Gasteiger partial charge in [0.2, 0.25) is 5.91 Å². The Hall–Kier alpha value is -2.26. The quantitative estimate of drug-likeness (QED) is 0.330. The van der Waals surface area contributed by atoms with E-state index in [9.17, 15) is 14.4 Å². The van der Waals surface area contributed by atoms with E-state index in [1.54, 1.807) is 11.8 Å². The number of benzene rings is 1. The van der Waals surface area contributed by atoms with Crippen molar-refractivity contribution < 1.29 is 23.9 Å². The van der Waals surface area contributed by atoms with E-state index >= 15 is 0 Å². The first kappa shape index (κ1) is 30.8. The molecule has 198 valence electrons. The van der Waals surface area contributed by atoms with Crippen molar-refractivity contribution in [2.45, 2.75) is 77.6 Å². The number of alkyl carbamates (subject to hydrolysis) is 1. The SMILES string of the molecule is CC[C@H](C)[C@@H](CN[C@@H](Cc1ccccc1)C(=O)N[C@@H](CCSC)C(=O)OC)NC(=O)OC(C)(C)C. The summed E-state index contributed by atoms with van der Waals surface area (Å²) in [6.07, 6.45) is 3.21. The molecule has 0 aliphatic carbocycles. The molecule has 0 radical (unpaired) electrons. The van der Waals surface area contributed by atoms with E-state index in [2.05, 4.69) is 22.9 Å². The first-order valence-electron chi connectivity index (χ1n) is 12.1. The van der Waals surface area contributed by atoms with E-state index in [-0.39, 0.29) is 17.9 Å². The first-order chi connectivity index (χ1) is 16.5. The molecule has 1 aromatic rings. The van der Waals surface area contributed by atoms with Crippen molar-refractivity contribution in [3.8, 4) is 0 Å². The van der Waals surface area contributed by atoms with E-state index < -0.39 is 29.7 Å². The highest BCUT2D eigenvalue weighted by molar-refractivity contribution is 7.98. The van der Waals surface area contributed by atoms with Gasteiger partial charge in [0.1, 0.15) is 11.6 Å². The van der Waals surface area contributed by atoms with E-state index in [1.807, 2.05) is 64.3 Å². The van der Waals surface area contributed by atoms with Crippen molar-refractivity contribution in [3.05, 3.63) is 35.9 Å².